The smallest absolute Gasteiger partial charge is 0.281 e. The van der Waals surface area contributed by atoms with Crippen molar-refractivity contribution in [3.63, 3.8) is 0 Å². The highest BCUT2D eigenvalue weighted by Gasteiger charge is 2.31. The van der Waals surface area contributed by atoms with Gasteiger partial charge in [0.25, 0.3) is 5.56 Å². The second-order valence-electron chi connectivity index (χ2n) is 8.47. The zero-order chi connectivity index (χ0) is 25.3. The molecule has 1 saturated heterocycles. The molecule has 1 aliphatic heterocycles. The summed E-state index contributed by atoms with van der Waals surface area (Å²) in [4.78, 5) is 26.5. The Bertz CT molecular complexity index is 1390. The van der Waals surface area contributed by atoms with E-state index in [4.69, 9.17) is 0 Å². The second kappa shape index (κ2) is 9.67. The van der Waals surface area contributed by atoms with Crippen molar-refractivity contribution in [2.45, 2.75) is 19.1 Å². The zero-order valence-corrected chi connectivity index (χ0v) is 20.0. The number of sulfonamides is 1. The maximum atomic E-state index is 13.8. The average Bonchev–Trinajstić information content (AvgIpc) is 2.83. The van der Waals surface area contributed by atoms with E-state index in [2.05, 4.69) is 5.10 Å². The average molecular weight is 503 g/mol. The van der Waals surface area contributed by atoms with Crippen LogP contribution in [0.25, 0.3) is 16.8 Å². The standard InChI is InChI=1S/C24H24F2N4O4S/c1-16(2)35(33,34)29-9-7-28(8-10-29)22-14-27-30(21-12-19(25)11-20(26)13-21)24(32)23(22)18-5-3-17(15-31)4-6-18/h3-6,11-16H,7-10H2,1-2H3. The van der Waals surface area contributed by atoms with E-state index in [9.17, 15) is 26.8 Å². The molecule has 3 aromatic rings. The minimum Gasteiger partial charge on any atom is -0.367 e. The summed E-state index contributed by atoms with van der Waals surface area (Å²) in [6.45, 7) is 4.38. The van der Waals surface area contributed by atoms with Crippen LogP contribution in [0.2, 0.25) is 0 Å². The molecule has 0 saturated carbocycles. The fourth-order valence-corrected chi connectivity index (χ4v) is 5.28. The Morgan fingerprint density at radius 3 is 2.11 bits per heavy atom. The lowest BCUT2D eigenvalue weighted by Crippen LogP contribution is -2.50. The van der Waals surface area contributed by atoms with Crippen LogP contribution in [0.4, 0.5) is 14.5 Å². The Labute approximate surface area is 201 Å². The molecule has 4 rings (SSSR count). The summed E-state index contributed by atoms with van der Waals surface area (Å²) in [7, 11) is -3.41. The van der Waals surface area contributed by atoms with E-state index in [0.717, 1.165) is 16.8 Å². The van der Waals surface area contributed by atoms with Crippen molar-refractivity contribution < 1.29 is 22.0 Å². The molecule has 11 heteroatoms. The summed E-state index contributed by atoms with van der Waals surface area (Å²) in [5, 5.41) is 3.62. The summed E-state index contributed by atoms with van der Waals surface area (Å²) in [6, 6.07) is 9.06. The van der Waals surface area contributed by atoms with E-state index in [1.807, 2.05) is 4.90 Å². The molecule has 1 aromatic heterocycles. The molecule has 8 nitrogen and oxygen atoms in total. The highest BCUT2D eigenvalue weighted by atomic mass is 32.2. The number of carbonyl (C=O) groups excluding carboxylic acids is 1. The van der Waals surface area contributed by atoms with Crippen LogP contribution in [0, 0.1) is 11.6 Å². The third-order valence-electron chi connectivity index (χ3n) is 5.92. The van der Waals surface area contributed by atoms with Gasteiger partial charge in [-0.2, -0.15) is 14.1 Å². The Balaban J connectivity index is 1.79. The topological polar surface area (TPSA) is 92.6 Å². The molecule has 2 aromatic carbocycles. The van der Waals surface area contributed by atoms with Crippen molar-refractivity contribution in [3.05, 3.63) is 76.2 Å². The molecular weight excluding hydrogens is 478 g/mol. The van der Waals surface area contributed by atoms with Gasteiger partial charge in [-0.15, -0.1) is 0 Å². The van der Waals surface area contributed by atoms with Crippen molar-refractivity contribution in [2.24, 2.45) is 0 Å². The maximum Gasteiger partial charge on any atom is 0.281 e. The molecule has 0 radical (unpaired) electrons. The molecule has 184 valence electrons. The van der Waals surface area contributed by atoms with E-state index in [0.29, 0.717) is 42.3 Å². The number of halogens is 2. The number of rotatable bonds is 6. The Morgan fingerprint density at radius 1 is 0.971 bits per heavy atom. The molecule has 1 fully saturated rings. The zero-order valence-electron chi connectivity index (χ0n) is 19.2. The van der Waals surface area contributed by atoms with E-state index in [1.54, 1.807) is 38.1 Å². The van der Waals surface area contributed by atoms with Crippen LogP contribution in [0.15, 0.2) is 53.5 Å². The van der Waals surface area contributed by atoms with Gasteiger partial charge in [-0.05, 0) is 31.5 Å². The van der Waals surface area contributed by atoms with Crippen molar-refractivity contribution in [3.8, 4) is 16.8 Å². The van der Waals surface area contributed by atoms with E-state index < -0.39 is 32.5 Å². The second-order valence-corrected chi connectivity index (χ2v) is 11.0. The van der Waals surface area contributed by atoms with Gasteiger partial charge < -0.3 is 4.90 Å². The number of nitrogens with zero attached hydrogens (tertiary/aromatic N) is 4. The van der Waals surface area contributed by atoms with Gasteiger partial charge in [0, 0.05) is 37.8 Å². The fraction of sp³-hybridized carbons (Fsp3) is 0.292. The Hall–Kier alpha value is -3.44. The molecule has 0 atom stereocenters. The predicted octanol–water partition coefficient (Wildman–Crippen LogP) is 2.85. The maximum absolute atomic E-state index is 13.8. The molecular formula is C24H24F2N4O4S. The number of anilines is 1. The lowest BCUT2D eigenvalue weighted by Gasteiger charge is -2.36. The van der Waals surface area contributed by atoms with Gasteiger partial charge in [0.05, 0.1) is 28.4 Å². The molecule has 0 aliphatic carbocycles. The molecule has 0 bridgehead atoms. The van der Waals surface area contributed by atoms with Gasteiger partial charge in [0.2, 0.25) is 10.0 Å². The van der Waals surface area contributed by atoms with Crippen molar-refractivity contribution in [1.82, 2.24) is 14.1 Å². The fourth-order valence-electron chi connectivity index (χ4n) is 4.01. The minimum atomic E-state index is -3.41. The summed E-state index contributed by atoms with van der Waals surface area (Å²) < 4.78 is 55.1. The summed E-state index contributed by atoms with van der Waals surface area (Å²) in [6.07, 6.45) is 2.11. The highest BCUT2D eigenvalue weighted by molar-refractivity contribution is 7.89. The summed E-state index contributed by atoms with van der Waals surface area (Å²) in [5.74, 6) is -1.70. The van der Waals surface area contributed by atoms with Gasteiger partial charge in [-0.25, -0.2) is 17.2 Å². The van der Waals surface area contributed by atoms with E-state index in [1.165, 1.54) is 10.5 Å². The Kier molecular flexibility index (Phi) is 6.82. The monoisotopic (exact) mass is 502 g/mol. The highest BCUT2D eigenvalue weighted by Crippen LogP contribution is 2.29. The molecule has 0 N–H and O–H groups in total. The van der Waals surface area contributed by atoms with Crippen molar-refractivity contribution in [2.75, 3.05) is 31.1 Å². The number of carbonyl (C=O) groups is 1. The number of benzene rings is 2. The van der Waals surface area contributed by atoms with Crippen LogP contribution in [0.3, 0.4) is 0 Å². The number of aldehydes is 1. The number of hydrogen-bond acceptors (Lipinski definition) is 6. The first-order valence-corrected chi connectivity index (χ1v) is 12.5. The van der Waals surface area contributed by atoms with Crippen LogP contribution < -0.4 is 10.5 Å². The third-order valence-corrected chi connectivity index (χ3v) is 8.20. The minimum absolute atomic E-state index is 0.0716. The number of piperazine rings is 1. The third kappa shape index (κ3) is 4.87. The molecule has 0 spiro atoms. The first-order chi connectivity index (χ1) is 16.6. The summed E-state index contributed by atoms with van der Waals surface area (Å²) >= 11 is 0. The lowest BCUT2D eigenvalue weighted by molar-refractivity contribution is 0.112. The van der Waals surface area contributed by atoms with E-state index >= 15 is 0 Å². The Morgan fingerprint density at radius 2 is 1.57 bits per heavy atom. The van der Waals surface area contributed by atoms with Crippen LogP contribution in [-0.4, -0.2) is 60.2 Å². The molecule has 0 unspecified atom stereocenters. The molecule has 1 aliphatic rings. The number of aromatic nitrogens is 2. The van der Waals surface area contributed by atoms with Crippen LogP contribution >= 0.6 is 0 Å². The summed E-state index contributed by atoms with van der Waals surface area (Å²) in [5.41, 5.74) is 0.914. The normalized spacial score (nSPS) is 14.9. The number of hydrogen-bond donors (Lipinski definition) is 0. The molecule has 2 heterocycles. The van der Waals surface area contributed by atoms with E-state index in [-0.39, 0.29) is 24.3 Å². The lowest BCUT2D eigenvalue weighted by atomic mass is 10.0. The largest absolute Gasteiger partial charge is 0.367 e. The van der Waals surface area contributed by atoms with Crippen LogP contribution in [0.1, 0.15) is 24.2 Å². The quantitative estimate of drug-likeness (QED) is 0.482. The van der Waals surface area contributed by atoms with Gasteiger partial charge in [0.1, 0.15) is 17.9 Å². The predicted molar refractivity (Wildman–Crippen MR) is 128 cm³/mol. The van der Waals surface area contributed by atoms with Gasteiger partial charge >= 0.3 is 0 Å². The van der Waals surface area contributed by atoms with Gasteiger partial charge in [-0.1, -0.05) is 24.3 Å². The first kappa shape index (κ1) is 24.7. The first-order valence-electron chi connectivity index (χ1n) is 11.0. The molecule has 35 heavy (non-hydrogen) atoms. The van der Waals surface area contributed by atoms with Crippen LogP contribution in [-0.2, 0) is 10.0 Å². The SMILES string of the molecule is CC(C)S(=O)(=O)N1CCN(c2cnn(-c3cc(F)cc(F)c3)c(=O)c2-c2ccc(C=O)cc2)CC1. The van der Waals surface area contributed by atoms with Crippen molar-refractivity contribution >= 4 is 22.0 Å². The van der Waals surface area contributed by atoms with Crippen LogP contribution in [0.5, 0.6) is 0 Å². The van der Waals surface area contributed by atoms with Gasteiger partial charge in [0.15, 0.2) is 0 Å². The van der Waals surface area contributed by atoms with Crippen molar-refractivity contribution in [1.29, 1.82) is 0 Å². The van der Waals surface area contributed by atoms with Gasteiger partial charge in [-0.3, -0.25) is 9.59 Å². The molecule has 0 amide bonds.